The molecular weight excluding hydrogens is 333 g/mol. The Labute approximate surface area is 152 Å². The highest BCUT2D eigenvalue weighted by Crippen LogP contribution is 2.22. The highest BCUT2D eigenvalue weighted by atomic mass is 19.1. The van der Waals surface area contributed by atoms with Crippen LogP contribution in [0.1, 0.15) is 28.9 Å². The van der Waals surface area contributed by atoms with E-state index in [1.165, 1.54) is 12.1 Å². The summed E-state index contributed by atoms with van der Waals surface area (Å²) in [5.41, 5.74) is 1.61. The molecule has 1 saturated heterocycles. The van der Waals surface area contributed by atoms with Gasteiger partial charge in [0.1, 0.15) is 17.7 Å². The summed E-state index contributed by atoms with van der Waals surface area (Å²) in [6.07, 6.45) is 3.78. The number of ether oxygens (including phenoxy) is 1. The van der Waals surface area contributed by atoms with Gasteiger partial charge in [0.05, 0.1) is 17.8 Å². The maximum Gasteiger partial charge on any atom is 0.256 e. The third-order valence-electron chi connectivity index (χ3n) is 5.09. The van der Waals surface area contributed by atoms with Crippen LogP contribution in [0.15, 0.2) is 42.6 Å². The lowest BCUT2D eigenvalue weighted by Gasteiger charge is -2.33. The summed E-state index contributed by atoms with van der Waals surface area (Å²) in [6, 6.07) is 9.85. The molecule has 3 heterocycles. The van der Waals surface area contributed by atoms with Crippen LogP contribution in [-0.2, 0) is 6.54 Å². The monoisotopic (exact) mass is 355 g/mol. The van der Waals surface area contributed by atoms with Crippen LogP contribution in [0.3, 0.4) is 0 Å². The second kappa shape index (κ2) is 7.41. The molecule has 0 saturated carbocycles. The largest absolute Gasteiger partial charge is 0.490 e. The number of likely N-dealkylation sites (tertiary alicyclic amines) is 1. The van der Waals surface area contributed by atoms with Gasteiger partial charge >= 0.3 is 0 Å². The van der Waals surface area contributed by atoms with Crippen LogP contribution in [0.5, 0.6) is 5.75 Å². The Hall–Kier alpha value is -2.47. The maximum atomic E-state index is 12.9. The number of amides is 1. The minimum absolute atomic E-state index is 0.0858. The average Bonchev–Trinajstić information content (AvgIpc) is 2.99. The Balaban J connectivity index is 1.22. The maximum absolute atomic E-state index is 12.9. The zero-order valence-corrected chi connectivity index (χ0v) is 14.6. The van der Waals surface area contributed by atoms with Gasteiger partial charge in [-0.2, -0.15) is 0 Å². The Bertz CT molecular complexity index is 773. The number of fused-ring (bicyclic) bond motifs is 1. The van der Waals surface area contributed by atoms with Crippen molar-refractivity contribution in [2.24, 2.45) is 0 Å². The summed E-state index contributed by atoms with van der Waals surface area (Å²) < 4.78 is 18.9. The van der Waals surface area contributed by atoms with Gasteiger partial charge in [0.15, 0.2) is 0 Å². The summed E-state index contributed by atoms with van der Waals surface area (Å²) in [6.45, 7) is 4.08. The van der Waals surface area contributed by atoms with E-state index >= 15 is 0 Å². The first-order valence-electron chi connectivity index (χ1n) is 9.07. The van der Waals surface area contributed by atoms with E-state index in [0.29, 0.717) is 6.54 Å². The molecule has 0 radical (unpaired) electrons. The third kappa shape index (κ3) is 3.70. The number of rotatable bonds is 5. The SMILES string of the molecule is O=C1c2cccnc2CN1CCN1CCC(Oc2ccc(F)cc2)CC1. The van der Waals surface area contributed by atoms with Gasteiger partial charge in [0.2, 0.25) is 0 Å². The number of halogens is 1. The van der Waals surface area contributed by atoms with Crippen LogP contribution in [0.2, 0.25) is 0 Å². The predicted octanol–water partition coefficient (Wildman–Crippen LogP) is 2.72. The van der Waals surface area contributed by atoms with Crippen LogP contribution in [0, 0.1) is 5.82 Å². The van der Waals surface area contributed by atoms with E-state index < -0.39 is 0 Å². The number of hydrogen-bond donors (Lipinski definition) is 0. The molecule has 2 aliphatic heterocycles. The number of hydrogen-bond acceptors (Lipinski definition) is 4. The molecule has 1 aromatic carbocycles. The molecule has 0 atom stereocenters. The Kier molecular flexibility index (Phi) is 4.84. The molecule has 2 aromatic rings. The summed E-state index contributed by atoms with van der Waals surface area (Å²) in [7, 11) is 0. The smallest absolute Gasteiger partial charge is 0.256 e. The lowest BCUT2D eigenvalue weighted by molar-refractivity contribution is 0.0701. The molecule has 2 aliphatic rings. The molecule has 26 heavy (non-hydrogen) atoms. The normalized spacial score (nSPS) is 18.2. The summed E-state index contributed by atoms with van der Waals surface area (Å²) in [5, 5.41) is 0. The lowest BCUT2D eigenvalue weighted by atomic mass is 10.1. The van der Waals surface area contributed by atoms with E-state index in [2.05, 4.69) is 9.88 Å². The van der Waals surface area contributed by atoms with Crippen molar-refractivity contribution in [3.63, 3.8) is 0 Å². The van der Waals surface area contributed by atoms with Crippen LogP contribution < -0.4 is 4.74 Å². The second-order valence-corrected chi connectivity index (χ2v) is 6.84. The summed E-state index contributed by atoms with van der Waals surface area (Å²) in [5.74, 6) is 0.557. The molecule has 0 spiro atoms. The van der Waals surface area contributed by atoms with Gasteiger partial charge in [0, 0.05) is 32.4 Å². The van der Waals surface area contributed by atoms with E-state index in [1.54, 1.807) is 18.3 Å². The van der Waals surface area contributed by atoms with Gasteiger partial charge in [-0.05, 0) is 49.2 Å². The standard InChI is InChI=1S/C20H22FN3O2/c21-15-3-5-16(6-4-15)26-17-7-10-23(11-8-17)12-13-24-14-19-18(20(24)25)2-1-9-22-19/h1-6,9,17H,7-8,10-14H2. The van der Waals surface area contributed by atoms with Crippen molar-refractivity contribution in [2.75, 3.05) is 26.2 Å². The Morgan fingerprint density at radius 3 is 2.62 bits per heavy atom. The molecule has 5 nitrogen and oxygen atoms in total. The third-order valence-corrected chi connectivity index (χ3v) is 5.09. The van der Waals surface area contributed by atoms with Gasteiger partial charge in [-0.1, -0.05) is 0 Å². The van der Waals surface area contributed by atoms with Crippen LogP contribution in [0.25, 0.3) is 0 Å². The van der Waals surface area contributed by atoms with Crippen LogP contribution in [-0.4, -0.2) is 53.0 Å². The van der Waals surface area contributed by atoms with Crippen LogP contribution >= 0.6 is 0 Å². The van der Waals surface area contributed by atoms with E-state index in [4.69, 9.17) is 4.74 Å². The van der Waals surface area contributed by atoms with E-state index in [-0.39, 0.29) is 17.8 Å². The molecule has 0 aliphatic carbocycles. The number of carbonyl (C=O) groups is 1. The van der Waals surface area contributed by atoms with Crippen LogP contribution in [0.4, 0.5) is 4.39 Å². The van der Waals surface area contributed by atoms with E-state index in [0.717, 1.165) is 56.0 Å². The molecule has 1 fully saturated rings. The van der Waals surface area contributed by atoms with Crippen molar-refractivity contribution in [3.05, 3.63) is 59.7 Å². The first-order valence-corrected chi connectivity index (χ1v) is 9.07. The van der Waals surface area contributed by atoms with Crippen molar-refractivity contribution in [3.8, 4) is 5.75 Å². The number of nitrogens with zero attached hydrogens (tertiary/aromatic N) is 3. The first kappa shape index (κ1) is 17.0. The van der Waals surface area contributed by atoms with Crippen molar-refractivity contribution in [1.29, 1.82) is 0 Å². The predicted molar refractivity (Wildman–Crippen MR) is 95.5 cm³/mol. The molecule has 0 N–H and O–H groups in total. The number of piperidine rings is 1. The van der Waals surface area contributed by atoms with Crippen molar-refractivity contribution in [1.82, 2.24) is 14.8 Å². The van der Waals surface area contributed by atoms with E-state index in [1.807, 2.05) is 17.0 Å². The molecule has 0 unspecified atom stereocenters. The van der Waals surface area contributed by atoms with Gasteiger partial charge in [-0.3, -0.25) is 9.78 Å². The molecule has 1 amide bonds. The lowest BCUT2D eigenvalue weighted by Crippen LogP contribution is -2.42. The fourth-order valence-corrected chi connectivity index (χ4v) is 3.58. The molecule has 0 bridgehead atoms. The molecule has 136 valence electrons. The fourth-order valence-electron chi connectivity index (χ4n) is 3.58. The summed E-state index contributed by atoms with van der Waals surface area (Å²) >= 11 is 0. The average molecular weight is 355 g/mol. The Morgan fingerprint density at radius 1 is 1.12 bits per heavy atom. The highest BCUT2D eigenvalue weighted by molar-refractivity contribution is 5.97. The minimum Gasteiger partial charge on any atom is -0.490 e. The van der Waals surface area contributed by atoms with Gasteiger partial charge in [-0.25, -0.2) is 4.39 Å². The summed E-state index contributed by atoms with van der Waals surface area (Å²) in [4.78, 5) is 20.9. The van der Waals surface area contributed by atoms with E-state index in [9.17, 15) is 9.18 Å². The number of pyridine rings is 1. The van der Waals surface area contributed by atoms with Gasteiger partial charge in [-0.15, -0.1) is 0 Å². The zero-order valence-electron chi connectivity index (χ0n) is 14.6. The quantitative estimate of drug-likeness (QED) is 0.827. The fraction of sp³-hybridized carbons (Fsp3) is 0.400. The molecular formula is C20H22FN3O2. The molecule has 1 aromatic heterocycles. The highest BCUT2D eigenvalue weighted by Gasteiger charge is 2.28. The first-order chi connectivity index (χ1) is 12.7. The van der Waals surface area contributed by atoms with Crippen molar-refractivity contribution in [2.45, 2.75) is 25.5 Å². The number of aromatic nitrogens is 1. The van der Waals surface area contributed by atoms with Crippen molar-refractivity contribution < 1.29 is 13.9 Å². The van der Waals surface area contributed by atoms with Gasteiger partial charge in [0.25, 0.3) is 5.91 Å². The molecule has 6 heteroatoms. The topological polar surface area (TPSA) is 45.7 Å². The number of carbonyl (C=O) groups excluding carboxylic acids is 1. The number of benzene rings is 1. The van der Waals surface area contributed by atoms with Gasteiger partial charge < -0.3 is 14.5 Å². The minimum atomic E-state index is -0.249. The second-order valence-electron chi connectivity index (χ2n) is 6.84. The molecule has 4 rings (SSSR count). The van der Waals surface area contributed by atoms with Crippen molar-refractivity contribution >= 4 is 5.91 Å². The Morgan fingerprint density at radius 2 is 1.88 bits per heavy atom. The zero-order chi connectivity index (χ0) is 17.9.